The summed E-state index contributed by atoms with van der Waals surface area (Å²) in [7, 11) is 0. The fourth-order valence-electron chi connectivity index (χ4n) is 2.49. The van der Waals surface area contributed by atoms with Crippen LogP contribution in [0.2, 0.25) is 10.0 Å². The van der Waals surface area contributed by atoms with Gasteiger partial charge in [0.05, 0.1) is 21.9 Å². The highest BCUT2D eigenvalue weighted by molar-refractivity contribution is 6.42. The van der Waals surface area contributed by atoms with Gasteiger partial charge in [0.15, 0.2) is 0 Å². The fraction of sp³-hybridized carbons (Fsp3) is 0.250. The molecule has 2 amide bonds. The van der Waals surface area contributed by atoms with Crippen LogP contribution >= 0.6 is 23.2 Å². The first-order chi connectivity index (χ1) is 11.1. The van der Waals surface area contributed by atoms with Crippen molar-refractivity contribution in [3.8, 4) is 0 Å². The summed E-state index contributed by atoms with van der Waals surface area (Å²) in [6.45, 7) is 1.92. The molecule has 1 aromatic heterocycles. The zero-order chi connectivity index (χ0) is 16.4. The molecule has 0 aliphatic carbocycles. The van der Waals surface area contributed by atoms with E-state index in [1.165, 1.54) is 12.5 Å². The fourth-order valence-corrected chi connectivity index (χ4v) is 2.79. The molecule has 1 aliphatic heterocycles. The Labute approximate surface area is 143 Å². The smallest absolute Gasteiger partial charge is 0.257 e. The van der Waals surface area contributed by atoms with Crippen LogP contribution in [0.25, 0.3) is 0 Å². The molecule has 1 fully saturated rings. The van der Waals surface area contributed by atoms with E-state index in [0.29, 0.717) is 47.4 Å². The number of furan rings is 1. The van der Waals surface area contributed by atoms with Gasteiger partial charge in [-0.2, -0.15) is 0 Å². The standard InChI is InChI=1S/C16H14Cl2N2O3/c17-13-2-1-11(9-14(13)18)15(21)19-4-6-20(7-5-19)16(22)12-3-8-23-10-12/h1-3,8-10H,4-7H2. The molecule has 23 heavy (non-hydrogen) atoms. The number of amides is 2. The SMILES string of the molecule is O=C(c1ccoc1)N1CCN(C(=O)c2ccc(Cl)c(Cl)c2)CC1. The van der Waals surface area contributed by atoms with Gasteiger partial charge >= 0.3 is 0 Å². The van der Waals surface area contributed by atoms with Crippen molar-refractivity contribution in [3.05, 3.63) is 58.0 Å². The van der Waals surface area contributed by atoms with Crippen LogP contribution in [0.4, 0.5) is 0 Å². The van der Waals surface area contributed by atoms with Gasteiger partial charge in [0, 0.05) is 31.7 Å². The minimum Gasteiger partial charge on any atom is -0.472 e. The number of halogens is 2. The van der Waals surface area contributed by atoms with Crippen molar-refractivity contribution in [1.29, 1.82) is 0 Å². The molecule has 0 bridgehead atoms. The van der Waals surface area contributed by atoms with E-state index in [9.17, 15) is 9.59 Å². The topological polar surface area (TPSA) is 53.8 Å². The Bertz CT molecular complexity index is 723. The van der Waals surface area contributed by atoms with Crippen molar-refractivity contribution in [2.24, 2.45) is 0 Å². The number of piperazine rings is 1. The maximum absolute atomic E-state index is 12.5. The van der Waals surface area contributed by atoms with Crippen LogP contribution in [0.15, 0.2) is 41.2 Å². The molecule has 3 rings (SSSR count). The molecule has 2 aromatic rings. The highest BCUT2D eigenvalue weighted by atomic mass is 35.5. The van der Waals surface area contributed by atoms with Gasteiger partial charge in [0.1, 0.15) is 6.26 Å². The molecule has 120 valence electrons. The molecule has 1 aliphatic rings. The molecule has 2 heterocycles. The maximum atomic E-state index is 12.5. The van der Waals surface area contributed by atoms with Gasteiger partial charge in [-0.1, -0.05) is 23.2 Å². The van der Waals surface area contributed by atoms with Crippen LogP contribution in [0, 0.1) is 0 Å². The lowest BCUT2D eigenvalue weighted by molar-refractivity contribution is 0.0535. The predicted octanol–water partition coefficient (Wildman–Crippen LogP) is 3.18. The Balaban J connectivity index is 1.63. The number of hydrogen-bond acceptors (Lipinski definition) is 3. The lowest BCUT2D eigenvalue weighted by atomic mass is 10.1. The summed E-state index contributed by atoms with van der Waals surface area (Å²) >= 11 is 11.8. The lowest BCUT2D eigenvalue weighted by Gasteiger charge is -2.34. The van der Waals surface area contributed by atoms with E-state index >= 15 is 0 Å². The summed E-state index contributed by atoms with van der Waals surface area (Å²) in [5, 5.41) is 0.769. The lowest BCUT2D eigenvalue weighted by Crippen LogP contribution is -2.50. The molecule has 0 N–H and O–H groups in total. The minimum absolute atomic E-state index is 0.0830. The van der Waals surface area contributed by atoms with E-state index in [0.717, 1.165) is 0 Å². The Morgan fingerprint density at radius 1 is 0.870 bits per heavy atom. The van der Waals surface area contributed by atoms with E-state index in [2.05, 4.69) is 0 Å². The monoisotopic (exact) mass is 352 g/mol. The second-order valence-electron chi connectivity index (χ2n) is 5.23. The molecular formula is C16H14Cl2N2O3. The number of carbonyl (C=O) groups excluding carboxylic acids is 2. The van der Waals surface area contributed by atoms with Crippen molar-refractivity contribution in [2.75, 3.05) is 26.2 Å². The van der Waals surface area contributed by atoms with E-state index in [-0.39, 0.29) is 11.8 Å². The van der Waals surface area contributed by atoms with Crippen LogP contribution in [-0.4, -0.2) is 47.8 Å². The van der Waals surface area contributed by atoms with Gasteiger partial charge in [-0.25, -0.2) is 0 Å². The molecule has 0 spiro atoms. The molecular weight excluding hydrogens is 339 g/mol. The highest BCUT2D eigenvalue weighted by Crippen LogP contribution is 2.23. The van der Waals surface area contributed by atoms with Gasteiger partial charge in [0.25, 0.3) is 11.8 Å². The highest BCUT2D eigenvalue weighted by Gasteiger charge is 2.26. The van der Waals surface area contributed by atoms with Crippen molar-refractivity contribution in [1.82, 2.24) is 9.80 Å². The summed E-state index contributed by atoms with van der Waals surface area (Å²) in [4.78, 5) is 28.1. The van der Waals surface area contributed by atoms with Crippen molar-refractivity contribution >= 4 is 35.0 Å². The number of hydrogen-bond donors (Lipinski definition) is 0. The molecule has 7 heteroatoms. The molecule has 0 saturated carbocycles. The molecule has 0 radical (unpaired) electrons. The number of rotatable bonds is 2. The van der Waals surface area contributed by atoms with Crippen LogP contribution in [-0.2, 0) is 0 Å². The summed E-state index contributed by atoms with van der Waals surface area (Å²) in [6, 6.07) is 6.46. The van der Waals surface area contributed by atoms with E-state index in [4.69, 9.17) is 27.6 Å². The first-order valence-electron chi connectivity index (χ1n) is 7.12. The van der Waals surface area contributed by atoms with Gasteiger partial charge < -0.3 is 14.2 Å². The van der Waals surface area contributed by atoms with Crippen molar-refractivity contribution in [2.45, 2.75) is 0 Å². The van der Waals surface area contributed by atoms with Crippen LogP contribution in [0.1, 0.15) is 20.7 Å². The zero-order valence-corrected chi connectivity index (χ0v) is 13.7. The van der Waals surface area contributed by atoms with Crippen LogP contribution in [0.5, 0.6) is 0 Å². The van der Waals surface area contributed by atoms with Gasteiger partial charge in [-0.05, 0) is 24.3 Å². The third-order valence-electron chi connectivity index (χ3n) is 3.79. The van der Waals surface area contributed by atoms with Gasteiger partial charge in [-0.15, -0.1) is 0 Å². The summed E-state index contributed by atoms with van der Waals surface area (Å²) < 4.78 is 4.93. The van der Waals surface area contributed by atoms with Gasteiger partial charge in [0.2, 0.25) is 0 Å². The molecule has 5 nitrogen and oxygen atoms in total. The average molecular weight is 353 g/mol. The first-order valence-corrected chi connectivity index (χ1v) is 7.87. The maximum Gasteiger partial charge on any atom is 0.257 e. The third kappa shape index (κ3) is 3.35. The largest absolute Gasteiger partial charge is 0.472 e. The van der Waals surface area contributed by atoms with E-state index in [1.807, 2.05) is 0 Å². The summed E-state index contributed by atoms with van der Waals surface area (Å²) in [5.74, 6) is -0.195. The minimum atomic E-state index is -0.112. The third-order valence-corrected chi connectivity index (χ3v) is 4.53. The Morgan fingerprint density at radius 3 is 2.00 bits per heavy atom. The first kappa shape index (κ1) is 15.9. The van der Waals surface area contributed by atoms with Crippen LogP contribution in [0.3, 0.4) is 0 Å². The Kier molecular flexibility index (Phi) is 4.59. The predicted molar refractivity (Wildman–Crippen MR) is 87.0 cm³/mol. The molecule has 0 unspecified atom stereocenters. The second-order valence-corrected chi connectivity index (χ2v) is 6.04. The summed E-state index contributed by atoms with van der Waals surface area (Å²) in [6.07, 6.45) is 2.90. The van der Waals surface area contributed by atoms with Crippen molar-refractivity contribution in [3.63, 3.8) is 0 Å². The summed E-state index contributed by atoms with van der Waals surface area (Å²) in [5.41, 5.74) is 1.02. The van der Waals surface area contributed by atoms with E-state index in [1.54, 1.807) is 34.1 Å². The van der Waals surface area contributed by atoms with Crippen LogP contribution < -0.4 is 0 Å². The van der Waals surface area contributed by atoms with E-state index < -0.39 is 0 Å². The Morgan fingerprint density at radius 2 is 1.48 bits per heavy atom. The zero-order valence-electron chi connectivity index (χ0n) is 12.2. The Hall–Kier alpha value is -1.98. The normalized spacial score (nSPS) is 14.9. The number of nitrogens with zero attached hydrogens (tertiary/aromatic N) is 2. The molecule has 1 aromatic carbocycles. The number of carbonyl (C=O) groups is 2. The second kappa shape index (κ2) is 6.64. The molecule has 0 atom stereocenters. The quantitative estimate of drug-likeness (QED) is 0.833. The van der Waals surface area contributed by atoms with Crippen molar-refractivity contribution < 1.29 is 14.0 Å². The number of benzene rings is 1. The average Bonchev–Trinajstić information content (AvgIpc) is 3.11. The van der Waals surface area contributed by atoms with Gasteiger partial charge in [-0.3, -0.25) is 9.59 Å². The molecule has 1 saturated heterocycles.